The number of amides is 1. The second-order valence-electron chi connectivity index (χ2n) is 4.90. The Morgan fingerprint density at radius 2 is 2.00 bits per heavy atom. The van der Waals surface area contributed by atoms with E-state index in [9.17, 15) is 9.59 Å². The third kappa shape index (κ3) is 4.48. The lowest BCUT2D eigenvalue weighted by Gasteiger charge is -2.23. The lowest BCUT2D eigenvalue weighted by atomic mass is 10.1. The summed E-state index contributed by atoms with van der Waals surface area (Å²) in [6, 6.07) is 9.33. The Morgan fingerprint density at radius 1 is 1.21 bits per heavy atom. The molecule has 0 spiro atoms. The zero-order valence-corrected chi connectivity index (χ0v) is 11.0. The van der Waals surface area contributed by atoms with E-state index in [0.29, 0.717) is 5.56 Å². The zero-order valence-electron chi connectivity index (χ0n) is 11.0. The van der Waals surface area contributed by atoms with E-state index in [0.717, 1.165) is 25.9 Å². The topological polar surface area (TPSA) is 58.2 Å². The van der Waals surface area contributed by atoms with Gasteiger partial charge in [0.15, 0.2) is 5.78 Å². The fraction of sp³-hybridized carbons (Fsp3) is 0.467. The molecule has 1 fully saturated rings. The molecule has 2 N–H and O–H groups in total. The Kier molecular flexibility index (Phi) is 5.10. The molecule has 1 atom stereocenters. The molecule has 1 aromatic rings. The Balaban J connectivity index is 1.72. The van der Waals surface area contributed by atoms with Gasteiger partial charge in [-0.05, 0) is 19.4 Å². The zero-order chi connectivity index (χ0) is 13.5. The van der Waals surface area contributed by atoms with E-state index >= 15 is 0 Å². The molecule has 0 radical (unpaired) electrons. The van der Waals surface area contributed by atoms with Crippen molar-refractivity contribution in [3.8, 4) is 0 Å². The number of Topliss-reactive ketones (excluding diaryl/α,β-unsaturated/α-hetero) is 1. The minimum Gasteiger partial charge on any atom is -0.352 e. The first-order valence-corrected chi connectivity index (χ1v) is 6.84. The highest BCUT2D eigenvalue weighted by Crippen LogP contribution is 2.06. The predicted molar refractivity (Wildman–Crippen MR) is 74.0 cm³/mol. The average Bonchev–Trinajstić information content (AvgIpc) is 2.47. The molecule has 0 aromatic heterocycles. The molecule has 102 valence electrons. The lowest BCUT2D eigenvalue weighted by Crippen LogP contribution is -2.45. The van der Waals surface area contributed by atoms with Crippen LogP contribution in [-0.4, -0.2) is 30.8 Å². The monoisotopic (exact) mass is 260 g/mol. The van der Waals surface area contributed by atoms with E-state index in [-0.39, 0.29) is 30.6 Å². The van der Waals surface area contributed by atoms with Crippen molar-refractivity contribution in [2.75, 3.05) is 13.1 Å². The fourth-order valence-electron chi connectivity index (χ4n) is 2.27. The number of hydrogen-bond acceptors (Lipinski definition) is 3. The summed E-state index contributed by atoms with van der Waals surface area (Å²) >= 11 is 0. The molecule has 1 aromatic carbocycles. The molecule has 4 heteroatoms. The van der Waals surface area contributed by atoms with Crippen molar-refractivity contribution >= 4 is 11.7 Å². The maximum atomic E-state index is 11.8. The number of benzene rings is 1. The van der Waals surface area contributed by atoms with Crippen LogP contribution < -0.4 is 10.6 Å². The number of hydrogen-bond donors (Lipinski definition) is 2. The van der Waals surface area contributed by atoms with Crippen LogP contribution in [0.3, 0.4) is 0 Å². The Bertz CT molecular complexity index is 425. The van der Waals surface area contributed by atoms with E-state index in [1.165, 1.54) is 0 Å². The molecule has 1 aliphatic heterocycles. The summed E-state index contributed by atoms with van der Waals surface area (Å²) in [5.41, 5.74) is 0.676. The molecule has 1 amide bonds. The number of carbonyl (C=O) groups is 2. The van der Waals surface area contributed by atoms with Gasteiger partial charge in [0.1, 0.15) is 0 Å². The highest BCUT2D eigenvalue weighted by atomic mass is 16.2. The van der Waals surface area contributed by atoms with Gasteiger partial charge in [-0.15, -0.1) is 0 Å². The van der Waals surface area contributed by atoms with E-state index in [1.54, 1.807) is 12.1 Å². The van der Waals surface area contributed by atoms with Crippen molar-refractivity contribution in [2.24, 2.45) is 0 Å². The van der Waals surface area contributed by atoms with Gasteiger partial charge in [-0.1, -0.05) is 30.3 Å². The summed E-state index contributed by atoms with van der Waals surface area (Å²) < 4.78 is 0. The van der Waals surface area contributed by atoms with Gasteiger partial charge in [-0.25, -0.2) is 0 Å². The summed E-state index contributed by atoms with van der Waals surface area (Å²) in [4.78, 5) is 23.6. The van der Waals surface area contributed by atoms with Gasteiger partial charge in [-0.3, -0.25) is 9.59 Å². The number of rotatable bonds is 5. The van der Waals surface area contributed by atoms with Crippen LogP contribution in [0.25, 0.3) is 0 Å². The van der Waals surface area contributed by atoms with Crippen molar-refractivity contribution < 1.29 is 9.59 Å². The first-order chi connectivity index (χ1) is 9.25. The van der Waals surface area contributed by atoms with E-state index in [1.807, 2.05) is 18.2 Å². The largest absolute Gasteiger partial charge is 0.352 e. The first kappa shape index (κ1) is 13.7. The number of piperidine rings is 1. The molecule has 4 nitrogen and oxygen atoms in total. The van der Waals surface area contributed by atoms with Crippen LogP contribution in [-0.2, 0) is 4.79 Å². The molecular formula is C15H20N2O2. The summed E-state index contributed by atoms with van der Waals surface area (Å²) in [7, 11) is 0. The molecule has 0 saturated carbocycles. The normalized spacial score (nSPS) is 18.8. The molecule has 1 unspecified atom stereocenters. The predicted octanol–water partition coefficient (Wildman–Crippen LogP) is 1.52. The molecule has 0 aliphatic carbocycles. The van der Waals surface area contributed by atoms with Crippen molar-refractivity contribution in [2.45, 2.75) is 31.7 Å². The summed E-state index contributed by atoms with van der Waals surface area (Å²) in [6.07, 6.45) is 2.65. The van der Waals surface area contributed by atoms with Crippen LogP contribution in [0.1, 0.15) is 36.0 Å². The van der Waals surface area contributed by atoms with Crippen LogP contribution in [0.15, 0.2) is 30.3 Å². The van der Waals surface area contributed by atoms with Gasteiger partial charge in [0.05, 0.1) is 0 Å². The smallest absolute Gasteiger partial charge is 0.220 e. The third-order valence-corrected chi connectivity index (χ3v) is 3.34. The van der Waals surface area contributed by atoms with Gasteiger partial charge in [0, 0.05) is 31.0 Å². The maximum Gasteiger partial charge on any atom is 0.220 e. The highest BCUT2D eigenvalue weighted by molar-refractivity contribution is 5.97. The minimum absolute atomic E-state index is 0.0255. The van der Waals surface area contributed by atoms with Crippen molar-refractivity contribution in [3.05, 3.63) is 35.9 Å². The number of nitrogens with one attached hydrogen (secondary N) is 2. The van der Waals surface area contributed by atoms with Crippen molar-refractivity contribution in [1.29, 1.82) is 0 Å². The molecule has 2 rings (SSSR count). The fourth-order valence-corrected chi connectivity index (χ4v) is 2.27. The average molecular weight is 260 g/mol. The van der Waals surface area contributed by atoms with Crippen molar-refractivity contribution in [3.63, 3.8) is 0 Å². The van der Waals surface area contributed by atoms with Gasteiger partial charge in [0.2, 0.25) is 5.91 Å². The van der Waals surface area contributed by atoms with E-state index in [4.69, 9.17) is 0 Å². The minimum atomic E-state index is -0.0296. The Hall–Kier alpha value is -1.68. The van der Waals surface area contributed by atoms with Crippen LogP contribution in [0.2, 0.25) is 0 Å². The molecular weight excluding hydrogens is 240 g/mol. The van der Waals surface area contributed by atoms with Crippen LogP contribution >= 0.6 is 0 Å². The second-order valence-corrected chi connectivity index (χ2v) is 4.90. The Morgan fingerprint density at radius 3 is 2.68 bits per heavy atom. The Labute approximate surface area is 113 Å². The first-order valence-electron chi connectivity index (χ1n) is 6.84. The van der Waals surface area contributed by atoms with Crippen LogP contribution in [0.4, 0.5) is 0 Å². The van der Waals surface area contributed by atoms with Crippen molar-refractivity contribution in [1.82, 2.24) is 10.6 Å². The van der Waals surface area contributed by atoms with Gasteiger partial charge < -0.3 is 10.6 Å². The second kappa shape index (κ2) is 7.04. The maximum absolute atomic E-state index is 11.8. The number of carbonyl (C=O) groups excluding carboxylic acids is 2. The standard InChI is InChI=1S/C15H20N2O2/c18-14(12-5-2-1-3-6-12)8-9-15(19)17-13-7-4-10-16-11-13/h1-3,5-6,13,16H,4,7-11H2,(H,17,19). The van der Waals surface area contributed by atoms with E-state index < -0.39 is 0 Å². The van der Waals surface area contributed by atoms with Crippen LogP contribution in [0.5, 0.6) is 0 Å². The van der Waals surface area contributed by atoms with Gasteiger partial charge in [-0.2, -0.15) is 0 Å². The molecule has 19 heavy (non-hydrogen) atoms. The molecule has 1 aliphatic rings. The summed E-state index contributed by atoms with van der Waals surface area (Å²) in [5.74, 6) is -0.00417. The molecule has 1 saturated heterocycles. The molecule has 0 bridgehead atoms. The molecule has 1 heterocycles. The van der Waals surface area contributed by atoms with Gasteiger partial charge in [0.25, 0.3) is 0 Å². The van der Waals surface area contributed by atoms with Gasteiger partial charge >= 0.3 is 0 Å². The lowest BCUT2D eigenvalue weighted by molar-refractivity contribution is -0.121. The summed E-state index contributed by atoms with van der Waals surface area (Å²) in [6.45, 7) is 1.86. The summed E-state index contributed by atoms with van der Waals surface area (Å²) in [5, 5.41) is 6.22. The SMILES string of the molecule is O=C(CCC(=O)c1ccccc1)NC1CCCNC1. The third-order valence-electron chi connectivity index (χ3n) is 3.34. The number of ketones is 1. The highest BCUT2D eigenvalue weighted by Gasteiger charge is 2.16. The quantitative estimate of drug-likeness (QED) is 0.789. The van der Waals surface area contributed by atoms with E-state index in [2.05, 4.69) is 10.6 Å². The van der Waals surface area contributed by atoms with Crippen LogP contribution in [0, 0.1) is 0 Å².